The molecule has 1 aromatic heterocycles. The van der Waals surface area contributed by atoms with Crippen molar-refractivity contribution in [2.45, 2.75) is 103 Å². The summed E-state index contributed by atoms with van der Waals surface area (Å²) in [5.41, 5.74) is 2.52. The number of unbranched alkanes of at least 4 members (excludes halogenated alkanes) is 1. The molecule has 0 radical (unpaired) electrons. The molecule has 10 heteroatoms. The summed E-state index contributed by atoms with van der Waals surface area (Å²) < 4.78 is 14.4. The number of thiazole rings is 1. The van der Waals surface area contributed by atoms with Crippen LogP contribution >= 0.6 is 11.3 Å². The van der Waals surface area contributed by atoms with E-state index in [0.717, 1.165) is 28.1 Å². The van der Waals surface area contributed by atoms with Crippen LogP contribution in [0.2, 0.25) is 0 Å². The molecule has 1 aliphatic heterocycles. The van der Waals surface area contributed by atoms with Gasteiger partial charge in [-0.1, -0.05) is 64.8 Å². The van der Waals surface area contributed by atoms with Crippen LogP contribution in [0.5, 0.6) is 0 Å². The second-order valence-electron chi connectivity index (χ2n) is 12.2. The summed E-state index contributed by atoms with van der Waals surface area (Å²) in [7, 11) is 0. The van der Waals surface area contributed by atoms with Crippen molar-refractivity contribution in [3.05, 3.63) is 41.0 Å². The van der Waals surface area contributed by atoms with Crippen LogP contribution in [0.4, 0.5) is 4.39 Å². The van der Waals surface area contributed by atoms with E-state index in [2.05, 4.69) is 15.6 Å². The molecule has 4 unspecified atom stereocenters. The van der Waals surface area contributed by atoms with E-state index in [4.69, 9.17) is 0 Å². The van der Waals surface area contributed by atoms with E-state index in [9.17, 15) is 23.9 Å². The molecule has 40 heavy (non-hydrogen) atoms. The monoisotopic (exact) mass is 572 g/mol. The van der Waals surface area contributed by atoms with Gasteiger partial charge in [0.25, 0.3) is 5.91 Å². The summed E-state index contributed by atoms with van der Waals surface area (Å²) in [5, 5.41) is 16.2. The number of benzene rings is 1. The molecule has 2 aliphatic rings. The lowest BCUT2D eigenvalue weighted by Gasteiger charge is -2.35. The van der Waals surface area contributed by atoms with Gasteiger partial charge in [0.05, 0.1) is 28.2 Å². The van der Waals surface area contributed by atoms with Crippen LogP contribution in [-0.2, 0) is 14.4 Å². The third kappa shape index (κ3) is 6.71. The van der Waals surface area contributed by atoms with Crippen molar-refractivity contribution < 1.29 is 23.9 Å². The predicted octanol–water partition coefficient (Wildman–Crippen LogP) is 4.46. The molecule has 3 N–H and O–H groups in total. The van der Waals surface area contributed by atoms with Gasteiger partial charge in [0.15, 0.2) is 5.67 Å². The maximum atomic E-state index is 14.4. The number of alkyl halides is 1. The number of nitrogens with zero attached hydrogens (tertiary/aromatic N) is 2. The molecule has 1 saturated carbocycles. The Hall–Kier alpha value is -2.85. The smallest absolute Gasteiger partial charge is 0.258 e. The first-order chi connectivity index (χ1) is 18.8. The summed E-state index contributed by atoms with van der Waals surface area (Å²) >= 11 is 1.58. The van der Waals surface area contributed by atoms with Crippen LogP contribution in [0.25, 0.3) is 10.4 Å². The zero-order valence-electron chi connectivity index (χ0n) is 24.0. The number of likely N-dealkylation sites (tertiary alicyclic amines) is 1. The minimum atomic E-state index is -1.90. The van der Waals surface area contributed by atoms with E-state index in [1.54, 1.807) is 11.3 Å². The van der Waals surface area contributed by atoms with Gasteiger partial charge < -0.3 is 20.6 Å². The van der Waals surface area contributed by atoms with Crippen molar-refractivity contribution >= 4 is 29.1 Å². The molecule has 218 valence electrons. The van der Waals surface area contributed by atoms with E-state index in [0.29, 0.717) is 12.8 Å². The molecule has 0 spiro atoms. The summed E-state index contributed by atoms with van der Waals surface area (Å²) in [6.45, 7) is 10.0. The number of β-amino-alcohol motifs (C(OH)–C–C–N with tert-alkyl or cyclic N) is 1. The average molecular weight is 573 g/mol. The number of nitrogens with one attached hydrogen (secondary N) is 2. The van der Waals surface area contributed by atoms with E-state index in [-0.39, 0.29) is 43.2 Å². The molecule has 2 heterocycles. The second kappa shape index (κ2) is 11.9. The van der Waals surface area contributed by atoms with Crippen molar-refractivity contribution in [2.75, 3.05) is 6.54 Å². The molecular weight excluding hydrogens is 531 g/mol. The predicted molar refractivity (Wildman–Crippen MR) is 153 cm³/mol. The first-order valence-corrected chi connectivity index (χ1v) is 15.0. The number of aliphatic hydroxyl groups is 1. The Morgan fingerprint density at radius 2 is 1.88 bits per heavy atom. The molecule has 1 saturated heterocycles. The lowest BCUT2D eigenvalue weighted by Crippen LogP contribution is -2.55. The standard InChI is InChI=1S/C30H41FN4O4S/c1-6-7-8-22(33-28(39)30(31)13-14-30)27(38)35-16-21(36)15-23(35)26(37)34-25(29(3,4)5)20-11-9-19(10-12-20)24-18(2)32-17-40-24/h9-12,17,21-23,25,36H,6-8,13-16H2,1-5H3,(H,33,39)(H,34,37). The Bertz CT molecular complexity index is 1220. The maximum absolute atomic E-state index is 14.4. The third-order valence-electron chi connectivity index (χ3n) is 7.81. The van der Waals surface area contributed by atoms with Gasteiger partial charge in [-0.25, -0.2) is 9.37 Å². The summed E-state index contributed by atoms with van der Waals surface area (Å²) in [5.74, 6) is -1.59. The normalized spacial score (nSPS) is 21.5. The molecule has 1 aliphatic carbocycles. The molecule has 3 amide bonds. The molecule has 2 fully saturated rings. The van der Waals surface area contributed by atoms with Crippen molar-refractivity contribution in [2.24, 2.45) is 5.41 Å². The maximum Gasteiger partial charge on any atom is 0.258 e. The third-order valence-corrected chi connectivity index (χ3v) is 8.79. The second-order valence-corrected chi connectivity index (χ2v) is 13.1. The van der Waals surface area contributed by atoms with Gasteiger partial charge in [-0.3, -0.25) is 14.4 Å². The number of hydrogen-bond donors (Lipinski definition) is 3. The average Bonchev–Trinajstić information content (AvgIpc) is 3.32. The van der Waals surface area contributed by atoms with Crippen LogP contribution in [0.1, 0.15) is 83.5 Å². The Balaban J connectivity index is 1.52. The highest BCUT2D eigenvalue weighted by Crippen LogP contribution is 2.40. The number of amides is 3. The fourth-order valence-electron chi connectivity index (χ4n) is 5.24. The first-order valence-electron chi connectivity index (χ1n) is 14.1. The van der Waals surface area contributed by atoms with E-state index in [1.807, 2.05) is 64.4 Å². The fourth-order valence-corrected chi connectivity index (χ4v) is 6.05. The van der Waals surface area contributed by atoms with Gasteiger partial charge in [-0.2, -0.15) is 0 Å². The lowest BCUT2D eigenvalue weighted by atomic mass is 9.82. The van der Waals surface area contributed by atoms with Crippen LogP contribution in [0, 0.1) is 12.3 Å². The fraction of sp³-hybridized carbons (Fsp3) is 0.600. The lowest BCUT2D eigenvalue weighted by molar-refractivity contribution is -0.143. The number of aromatic nitrogens is 1. The number of aryl methyl sites for hydroxylation is 1. The topological polar surface area (TPSA) is 112 Å². The van der Waals surface area contributed by atoms with Gasteiger partial charge in [0.1, 0.15) is 12.1 Å². The highest BCUT2D eigenvalue weighted by atomic mass is 32.1. The number of carbonyl (C=O) groups excluding carboxylic acids is 3. The van der Waals surface area contributed by atoms with E-state index >= 15 is 0 Å². The molecule has 8 nitrogen and oxygen atoms in total. The number of aliphatic hydroxyl groups excluding tert-OH is 1. The van der Waals surface area contributed by atoms with Crippen molar-refractivity contribution in [1.82, 2.24) is 20.5 Å². The van der Waals surface area contributed by atoms with Crippen LogP contribution in [-0.4, -0.2) is 63.1 Å². The van der Waals surface area contributed by atoms with Crippen LogP contribution in [0.15, 0.2) is 29.8 Å². The minimum Gasteiger partial charge on any atom is -0.391 e. The van der Waals surface area contributed by atoms with Crippen molar-refractivity contribution in [1.29, 1.82) is 0 Å². The first kappa shape index (κ1) is 30.1. The molecule has 4 rings (SSSR count). The van der Waals surface area contributed by atoms with E-state index < -0.39 is 35.7 Å². The highest BCUT2D eigenvalue weighted by Gasteiger charge is 2.52. The number of halogens is 1. The molecular formula is C30H41FN4O4S. The largest absolute Gasteiger partial charge is 0.391 e. The minimum absolute atomic E-state index is 0.0146. The van der Waals surface area contributed by atoms with Crippen molar-refractivity contribution in [3.8, 4) is 10.4 Å². The molecule has 0 bridgehead atoms. The number of hydrogen-bond acceptors (Lipinski definition) is 6. The Kier molecular flexibility index (Phi) is 8.99. The van der Waals surface area contributed by atoms with Gasteiger partial charge >= 0.3 is 0 Å². The molecule has 4 atom stereocenters. The zero-order valence-corrected chi connectivity index (χ0v) is 24.8. The van der Waals surface area contributed by atoms with Crippen molar-refractivity contribution in [3.63, 3.8) is 0 Å². The number of rotatable bonds is 10. The quantitative estimate of drug-likeness (QED) is 0.389. The summed E-state index contributed by atoms with van der Waals surface area (Å²) in [6, 6.07) is 5.84. The van der Waals surface area contributed by atoms with Gasteiger partial charge in [0.2, 0.25) is 11.8 Å². The molecule has 2 aromatic rings. The van der Waals surface area contributed by atoms with Crippen LogP contribution in [0.3, 0.4) is 0 Å². The highest BCUT2D eigenvalue weighted by molar-refractivity contribution is 7.13. The van der Waals surface area contributed by atoms with Gasteiger partial charge in [-0.05, 0) is 42.7 Å². The Morgan fingerprint density at radius 3 is 2.42 bits per heavy atom. The molecule has 1 aromatic carbocycles. The zero-order chi connectivity index (χ0) is 29.2. The Morgan fingerprint density at radius 1 is 1.20 bits per heavy atom. The van der Waals surface area contributed by atoms with Gasteiger partial charge in [0, 0.05) is 13.0 Å². The summed E-state index contributed by atoms with van der Waals surface area (Å²) in [4.78, 5) is 46.5. The SMILES string of the molecule is CCCCC(NC(=O)C1(F)CC1)C(=O)N1CC(O)CC1C(=O)NC(c1ccc(-c2scnc2C)cc1)C(C)(C)C. The van der Waals surface area contributed by atoms with E-state index in [1.165, 1.54) is 4.90 Å². The Labute approximate surface area is 239 Å². The summed E-state index contributed by atoms with van der Waals surface area (Å²) in [6.07, 6.45) is 1.33. The number of carbonyl (C=O) groups is 3. The van der Waals surface area contributed by atoms with Crippen LogP contribution < -0.4 is 10.6 Å². The van der Waals surface area contributed by atoms with Gasteiger partial charge in [-0.15, -0.1) is 11.3 Å².